The van der Waals surface area contributed by atoms with Gasteiger partial charge in [0, 0.05) is 12.5 Å². The first kappa shape index (κ1) is 17.4. The van der Waals surface area contributed by atoms with Crippen LogP contribution in [0, 0.1) is 5.92 Å². The van der Waals surface area contributed by atoms with Crippen LogP contribution >= 0.6 is 0 Å². The predicted molar refractivity (Wildman–Crippen MR) is 93.4 cm³/mol. The summed E-state index contributed by atoms with van der Waals surface area (Å²) in [6.45, 7) is 8.34. The zero-order valence-corrected chi connectivity index (χ0v) is 15.0. The van der Waals surface area contributed by atoms with Crippen LogP contribution in [0.5, 0.6) is 5.75 Å². The lowest BCUT2D eigenvalue weighted by Gasteiger charge is -2.22. The van der Waals surface area contributed by atoms with E-state index in [1.807, 2.05) is 25.1 Å². The maximum absolute atomic E-state index is 11.5. The SMILES string of the molecule is CC(C)Cc1nnc(C(C)NC(C)c2ccc3c(c2)NC(=O)CO3)o1. The molecule has 25 heavy (non-hydrogen) atoms. The molecule has 3 rings (SSSR count). The van der Waals surface area contributed by atoms with Gasteiger partial charge in [-0.1, -0.05) is 19.9 Å². The summed E-state index contributed by atoms with van der Waals surface area (Å²) in [6.07, 6.45) is 0.778. The van der Waals surface area contributed by atoms with E-state index in [-0.39, 0.29) is 24.6 Å². The van der Waals surface area contributed by atoms with E-state index in [9.17, 15) is 4.79 Å². The van der Waals surface area contributed by atoms with Crippen LogP contribution in [0.3, 0.4) is 0 Å². The molecule has 0 saturated heterocycles. The van der Waals surface area contributed by atoms with Gasteiger partial charge in [-0.25, -0.2) is 0 Å². The molecule has 0 spiro atoms. The van der Waals surface area contributed by atoms with Crippen LogP contribution < -0.4 is 15.4 Å². The molecule has 0 fully saturated rings. The molecule has 0 aliphatic carbocycles. The van der Waals surface area contributed by atoms with Gasteiger partial charge in [0.05, 0.1) is 11.7 Å². The number of nitrogens with zero attached hydrogens (tertiary/aromatic N) is 2. The van der Waals surface area contributed by atoms with Crippen LogP contribution in [0.25, 0.3) is 0 Å². The van der Waals surface area contributed by atoms with Crippen molar-refractivity contribution in [3.63, 3.8) is 0 Å². The van der Waals surface area contributed by atoms with Gasteiger partial charge >= 0.3 is 0 Å². The number of carbonyl (C=O) groups excluding carboxylic acids is 1. The zero-order chi connectivity index (χ0) is 18.0. The average molecular weight is 344 g/mol. The molecule has 0 bridgehead atoms. The molecule has 1 aromatic heterocycles. The molecule has 2 aromatic rings. The van der Waals surface area contributed by atoms with Gasteiger partial charge in [0.25, 0.3) is 5.91 Å². The monoisotopic (exact) mass is 344 g/mol. The minimum Gasteiger partial charge on any atom is -0.482 e. The molecule has 0 radical (unpaired) electrons. The van der Waals surface area contributed by atoms with Crippen LogP contribution in [-0.4, -0.2) is 22.7 Å². The molecule has 2 heterocycles. The largest absolute Gasteiger partial charge is 0.482 e. The lowest BCUT2D eigenvalue weighted by atomic mass is 10.1. The summed E-state index contributed by atoms with van der Waals surface area (Å²) in [7, 11) is 0. The maximum Gasteiger partial charge on any atom is 0.262 e. The Labute approximate surface area is 147 Å². The third kappa shape index (κ3) is 4.17. The Morgan fingerprint density at radius 3 is 2.76 bits per heavy atom. The number of nitrogens with one attached hydrogen (secondary N) is 2. The molecule has 134 valence electrons. The van der Waals surface area contributed by atoms with E-state index in [4.69, 9.17) is 9.15 Å². The van der Waals surface area contributed by atoms with Crippen molar-refractivity contribution >= 4 is 11.6 Å². The van der Waals surface area contributed by atoms with Crippen molar-refractivity contribution in [3.8, 4) is 5.75 Å². The summed E-state index contributed by atoms with van der Waals surface area (Å²) in [6, 6.07) is 5.75. The summed E-state index contributed by atoms with van der Waals surface area (Å²) < 4.78 is 11.1. The second-order valence-corrected chi connectivity index (χ2v) is 6.83. The van der Waals surface area contributed by atoms with Crippen molar-refractivity contribution in [2.24, 2.45) is 5.92 Å². The molecular weight excluding hydrogens is 320 g/mol. The number of carbonyl (C=O) groups is 1. The number of hydrogen-bond donors (Lipinski definition) is 2. The molecule has 1 amide bonds. The standard InChI is InChI=1S/C18H24N4O3/c1-10(2)7-17-21-22-18(25-17)12(4)19-11(3)13-5-6-15-14(8-13)20-16(23)9-24-15/h5-6,8,10-12,19H,7,9H2,1-4H3,(H,20,23). The number of rotatable bonds is 6. The van der Waals surface area contributed by atoms with Gasteiger partial charge in [-0.15, -0.1) is 10.2 Å². The number of ether oxygens (including phenoxy) is 1. The number of benzene rings is 1. The fourth-order valence-electron chi connectivity index (χ4n) is 2.79. The molecule has 2 atom stereocenters. The van der Waals surface area contributed by atoms with E-state index in [1.54, 1.807) is 0 Å². The van der Waals surface area contributed by atoms with Crippen molar-refractivity contribution in [2.75, 3.05) is 11.9 Å². The van der Waals surface area contributed by atoms with Gasteiger partial charge in [-0.2, -0.15) is 0 Å². The Balaban J connectivity index is 1.67. The number of fused-ring (bicyclic) bond motifs is 1. The summed E-state index contributed by atoms with van der Waals surface area (Å²) in [4.78, 5) is 11.5. The minimum absolute atomic E-state index is 0.0413. The Hall–Kier alpha value is -2.41. The summed E-state index contributed by atoms with van der Waals surface area (Å²) in [5.74, 6) is 2.28. The Kier molecular flexibility index (Phi) is 5.03. The number of anilines is 1. The summed E-state index contributed by atoms with van der Waals surface area (Å²) in [5, 5.41) is 14.5. The van der Waals surface area contributed by atoms with E-state index in [0.717, 1.165) is 12.0 Å². The van der Waals surface area contributed by atoms with E-state index in [1.165, 1.54) is 0 Å². The second kappa shape index (κ2) is 7.23. The van der Waals surface area contributed by atoms with Crippen LogP contribution in [-0.2, 0) is 11.2 Å². The first-order valence-corrected chi connectivity index (χ1v) is 8.57. The third-order valence-corrected chi connectivity index (χ3v) is 4.07. The second-order valence-electron chi connectivity index (χ2n) is 6.83. The first-order chi connectivity index (χ1) is 11.9. The maximum atomic E-state index is 11.5. The van der Waals surface area contributed by atoms with Gasteiger partial charge < -0.3 is 14.5 Å². The highest BCUT2D eigenvalue weighted by molar-refractivity contribution is 5.95. The van der Waals surface area contributed by atoms with Gasteiger partial charge in [0.1, 0.15) is 5.75 Å². The van der Waals surface area contributed by atoms with Crippen molar-refractivity contribution in [2.45, 2.75) is 46.2 Å². The molecule has 0 saturated carbocycles. The summed E-state index contributed by atoms with van der Waals surface area (Å²) >= 11 is 0. The Morgan fingerprint density at radius 2 is 2.00 bits per heavy atom. The van der Waals surface area contributed by atoms with E-state index >= 15 is 0 Å². The fraction of sp³-hybridized carbons (Fsp3) is 0.500. The van der Waals surface area contributed by atoms with E-state index in [0.29, 0.717) is 29.1 Å². The van der Waals surface area contributed by atoms with Gasteiger partial charge in [0.2, 0.25) is 11.8 Å². The van der Waals surface area contributed by atoms with Crippen LogP contribution in [0.1, 0.15) is 57.1 Å². The van der Waals surface area contributed by atoms with Crippen molar-refractivity contribution in [3.05, 3.63) is 35.5 Å². The third-order valence-electron chi connectivity index (χ3n) is 4.07. The lowest BCUT2D eigenvalue weighted by molar-refractivity contribution is -0.118. The van der Waals surface area contributed by atoms with Gasteiger partial charge in [0.15, 0.2) is 6.61 Å². The lowest BCUT2D eigenvalue weighted by Crippen LogP contribution is -2.26. The quantitative estimate of drug-likeness (QED) is 0.837. The molecule has 1 aliphatic rings. The van der Waals surface area contributed by atoms with Gasteiger partial charge in [-0.05, 0) is 37.5 Å². The first-order valence-electron chi connectivity index (χ1n) is 8.57. The van der Waals surface area contributed by atoms with E-state index in [2.05, 4.69) is 41.6 Å². The fourth-order valence-corrected chi connectivity index (χ4v) is 2.79. The molecule has 1 aliphatic heterocycles. The van der Waals surface area contributed by atoms with Crippen LogP contribution in [0.15, 0.2) is 22.6 Å². The highest BCUT2D eigenvalue weighted by Crippen LogP contribution is 2.31. The number of hydrogen-bond acceptors (Lipinski definition) is 6. The van der Waals surface area contributed by atoms with Crippen LogP contribution in [0.2, 0.25) is 0 Å². The van der Waals surface area contributed by atoms with Crippen molar-refractivity contribution in [1.29, 1.82) is 0 Å². The predicted octanol–water partition coefficient (Wildman–Crippen LogP) is 3.01. The van der Waals surface area contributed by atoms with Crippen molar-refractivity contribution in [1.82, 2.24) is 15.5 Å². The zero-order valence-electron chi connectivity index (χ0n) is 15.0. The Bertz CT molecular complexity index is 757. The molecule has 7 nitrogen and oxygen atoms in total. The number of aromatic nitrogens is 2. The van der Waals surface area contributed by atoms with E-state index < -0.39 is 0 Å². The molecule has 2 unspecified atom stereocenters. The van der Waals surface area contributed by atoms with Crippen molar-refractivity contribution < 1.29 is 13.9 Å². The highest BCUT2D eigenvalue weighted by atomic mass is 16.5. The number of amides is 1. The molecule has 2 N–H and O–H groups in total. The topological polar surface area (TPSA) is 89.3 Å². The minimum atomic E-state index is -0.137. The molecule has 7 heteroatoms. The normalized spacial score (nSPS) is 16.1. The van der Waals surface area contributed by atoms with Gasteiger partial charge in [-0.3, -0.25) is 10.1 Å². The highest BCUT2D eigenvalue weighted by Gasteiger charge is 2.20. The molecule has 1 aromatic carbocycles. The molecular formula is C18H24N4O3. The smallest absolute Gasteiger partial charge is 0.262 e. The van der Waals surface area contributed by atoms with Crippen LogP contribution in [0.4, 0.5) is 5.69 Å². The average Bonchev–Trinajstić information content (AvgIpc) is 3.01. The summed E-state index contributed by atoms with van der Waals surface area (Å²) in [5.41, 5.74) is 1.74. The Morgan fingerprint density at radius 1 is 1.20 bits per heavy atom.